The molecule has 0 saturated carbocycles. The van der Waals surface area contributed by atoms with Crippen LogP contribution < -0.4 is 10.2 Å². The van der Waals surface area contributed by atoms with E-state index in [1.165, 1.54) is 17.0 Å². The van der Waals surface area contributed by atoms with Crippen molar-refractivity contribution in [1.82, 2.24) is 25.5 Å². The first-order chi connectivity index (χ1) is 14.5. The first-order valence-electron chi connectivity index (χ1n) is 9.43. The molecule has 0 unspecified atom stereocenters. The number of rotatable bonds is 6. The van der Waals surface area contributed by atoms with Crippen molar-refractivity contribution in [2.45, 2.75) is 39.8 Å². The molecule has 0 fully saturated rings. The smallest absolute Gasteiger partial charge is 0.251 e. The fraction of sp³-hybridized carbons (Fsp3) is 0.350. The minimum atomic E-state index is -0.631. The highest BCUT2D eigenvalue weighted by atomic mass is 35.5. The third kappa shape index (κ3) is 5.88. The van der Waals surface area contributed by atoms with Crippen LogP contribution in [0.25, 0.3) is 11.6 Å². The summed E-state index contributed by atoms with van der Waals surface area (Å²) in [6, 6.07) is 7.24. The van der Waals surface area contributed by atoms with Gasteiger partial charge in [-0.2, -0.15) is 4.80 Å². The van der Waals surface area contributed by atoms with Crippen LogP contribution in [0.15, 0.2) is 34.7 Å². The van der Waals surface area contributed by atoms with Crippen molar-refractivity contribution in [3.05, 3.63) is 46.9 Å². The Hall–Kier alpha value is -3.27. The minimum Gasteiger partial charge on any atom is -0.458 e. The molecule has 0 aliphatic rings. The Bertz CT molecular complexity index is 1100. The van der Waals surface area contributed by atoms with Gasteiger partial charge < -0.3 is 14.6 Å². The van der Waals surface area contributed by atoms with E-state index in [-0.39, 0.29) is 35.5 Å². The fourth-order valence-corrected chi connectivity index (χ4v) is 2.92. The molecule has 0 aliphatic carbocycles. The third-order valence-electron chi connectivity index (χ3n) is 4.02. The van der Waals surface area contributed by atoms with E-state index >= 15 is 0 Å². The van der Waals surface area contributed by atoms with Gasteiger partial charge in [0.25, 0.3) is 5.91 Å². The van der Waals surface area contributed by atoms with E-state index in [1.807, 2.05) is 20.8 Å². The molecule has 3 rings (SSSR count). The van der Waals surface area contributed by atoms with Crippen LogP contribution in [0, 0.1) is 12.7 Å². The maximum Gasteiger partial charge on any atom is 0.251 e. The third-order valence-corrected chi connectivity index (χ3v) is 4.31. The van der Waals surface area contributed by atoms with Gasteiger partial charge in [-0.15, -0.1) is 10.2 Å². The van der Waals surface area contributed by atoms with Gasteiger partial charge in [0, 0.05) is 11.2 Å². The van der Waals surface area contributed by atoms with Gasteiger partial charge in [0.05, 0.1) is 5.02 Å². The lowest BCUT2D eigenvalue weighted by atomic mass is 10.1. The largest absolute Gasteiger partial charge is 0.458 e. The van der Waals surface area contributed by atoms with Crippen molar-refractivity contribution in [3.8, 4) is 11.6 Å². The number of carbonyl (C=O) groups excluding carboxylic acids is 2. The lowest BCUT2D eigenvalue weighted by Gasteiger charge is -2.26. The molecule has 1 aromatic carbocycles. The van der Waals surface area contributed by atoms with Crippen molar-refractivity contribution in [2.24, 2.45) is 0 Å². The lowest BCUT2D eigenvalue weighted by molar-refractivity contribution is -0.125. The summed E-state index contributed by atoms with van der Waals surface area (Å²) in [5, 5.41) is 14.5. The monoisotopic (exact) mass is 448 g/mol. The number of hydrogen-bond donors (Lipinski definition) is 1. The quantitative estimate of drug-likeness (QED) is 0.621. The highest BCUT2D eigenvalue weighted by Gasteiger charge is 2.24. The van der Waals surface area contributed by atoms with Gasteiger partial charge in [-0.1, -0.05) is 11.6 Å². The van der Waals surface area contributed by atoms with Crippen molar-refractivity contribution in [1.29, 1.82) is 0 Å². The summed E-state index contributed by atoms with van der Waals surface area (Å²) < 4.78 is 19.1. The second-order valence-electron chi connectivity index (χ2n) is 7.93. The predicted octanol–water partition coefficient (Wildman–Crippen LogP) is 2.98. The molecule has 2 aromatic heterocycles. The molecule has 0 spiro atoms. The summed E-state index contributed by atoms with van der Waals surface area (Å²) in [4.78, 5) is 27.8. The topological polar surface area (TPSA) is 106 Å². The van der Waals surface area contributed by atoms with Crippen LogP contribution in [0.4, 0.5) is 10.1 Å². The Balaban J connectivity index is 1.82. The lowest BCUT2D eigenvalue weighted by Crippen LogP contribution is -2.48. The highest BCUT2D eigenvalue weighted by molar-refractivity contribution is 6.31. The number of hydrogen-bond acceptors (Lipinski definition) is 6. The van der Waals surface area contributed by atoms with Gasteiger partial charge in [0.15, 0.2) is 5.76 Å². The molecule has 2 amide bonds. The zero-order chi connectivity index (χ0) is 22.8. The van der Waals surface area contributed by atoms with Crippen LogP contribution in [0.3, 0.4) is 0 Å². The summed E-state index contributed by atoms with van der Waals surface area (Å²) in [5.74, 6) is -0.198. The Morgan fingerprint density at radius 3 is 2.61 bits per heavy atom. The van der Waals surface area contributed by atoms with Crippen LogP contribution in [-0.2, 0) is 16.1 Å². The van der Waals surface area contributed by atoms with Crippen LogP contribution in [0.2, 0.25) is 5.02 Å². The number of aryl methyl sites for hydroxylation is 1. The van der Waals surface area contributed by atoms with Crippen molar-refractivity contribution < 1.29 is 18.4 Å². The first kappa shape index (κ1) is 22.4. The van der Waals surface area contributed by atoms with Gasteiger partial charge in [0.1, 0.15) is 24.7 Å². The van der Waals surface area contributed by atoms with E-state index < -0.39 is 17.3 Å². The molecule has 0 bridgehead atoms. The molecule has 164 valence electrons. The maximum atomic E-state index is 13.6. The molecule has 31 heavy (non-hydrogen) atoms. The number of anilines is 1. The van der Waals surface area contributed by atoms with E-state index in [1.54, 1.807) is 19.1 Å². The molecule has 0 aliphatic heterocycles. The summed E-state index contributed by atoms with van der Waals surface area (Å²) in [6.45, 7) is 6.66. The molecule has 1 N–H and O–H groups in total. The van der Waals surface area contributed by atoms with Gasteiger partial charge in [-0.25, -0.2) is 4.39 Å². The second kappa shape index (κ2) is 8.84. The molecule has 2 heterocycles. The summed E-state index contributed by atoms with van der Waals surface area (Å²) in [5.41, 5.74) is -0.224. The molecule has 3 aromatic rings. The SMILES string of the molecule is Cc1ccc(-c2nnn(CC(=O)N(CC(=O)NC(C)(C)C)c3ccc(F)c(Cl)c3)n2)o1. The van der Waals surface area contributed by atoms with Crippen LogP contribution in [0.1, 0.15) is 26.5 Å². The summed E-state index contributed by atoms with van der Waals surface area (Å²) in [6.07, 6.45) is 0. The standard InChI is InChI=1S/C20H22ClFN6O3/c1-12-5-8-16(31-12)19-24-26-28(25-19)11-18(30)27(10-17(29)23-20(2,3)4)13-6-7-15(22)14(21)9-13/h5-9H,10-11H2,1-4H3,(H,23,29). The van der Waals surface area contributed by atoms with Crippen LogP contribution in [-0.4, -0.2) is 44.1 Å². The number of furan rings is 1. The number of nitrogens with one attached hydrogen (secondary N) is 1. The zero-order valence-corrected chi connectivity index (χ0v) is 18.3. The number of halogens is 2. The van der Waals surface area contributed by atoms with E-state index in [2.05, 4.69) is 20.7 Å². The summed E-state index contributed by atoms with van der Waals surface area (Å²) >= 11 is 5.88. The molecule has 9 nitrogen and oxygen atoms in total. The second-order valence-corrected chi connectivity index (χ2v) is 8.34. The average Bonchev–Trinajstić information content (AvgIpc) is 3.29. The number of aromatic nitrogens is 4. The molecule has 0 radical (unpaired) electrons. The highest BCUT2D eigenvalue weighted by Crippen LogP contribution is 2.23. The normalized spacial score (nSPS) is 11.4. The zero-order valence-electron chi connectivity index (χ0n) is 17.5. The molecular formula is C20H22ClFN6O3. The molecular weight excluding hydrogens is 427 g/mol. The number of amides is 2. The average molecular weight is 449 g/mol. The Kier molecular flexibility index (Phi) is 6.40. The Labute approximate surface area is 183 Å². The van der Waals surface area contributed by atoms with Gasteiger partial charge in [-0.3, -0.25) is 9.59 Å². The molecule has 11 heteroatoms. The van der Waals surface area contributed by atoms with Crippen molar-refractivity contribution in [3.63, 3.8) is 0 Å². The fourth-order valence-electron chi connectivity index (χ4n) is 2.75. The predicted molar refractivity (Wildman–Crippen MR) is 112 cm³/mol. The summed E-state index contributed by atoms with van der Waals surface area (Å²) in [7, 11) is 0. The van der Waals surface area contributed by atoms with Crippen molar-refractivity contribution in [2.75, 3.05) is 11.4 Å². The van der Waals surface area contributed by atoms with E-state index in [4.69, 9.17) is 16.0 Å². The number of benzene rings is 1. The first-order valence-corrected chi connectivity index (χ1v) is 9.81. The van der Waals surface area contributed by atoms with Gasteiger partial charge in [0.2, 0.25) is 11.7 Å². The van der Waals surface area contributed by atoms with Gasteiger partial charge in [-0.05, 0) is 63.2 Å². The Morgan fingerprint density at radius 2 is 2.00 bits per heavy atom. The minimum absolute atomic E-state index is 0.166. The van der Waals surface area contributed by atoms with E-state index in [0.29, 0.717) is 11.5 Å². The van der Waals surface area contributed by atoms with Crippen LogP contribution >= 0.6 is 11.6 Å². The molecule has 0 atom stereocenters. The van der Waals surface area contributed by atoms with Gasteiger partial charge >= 0.3 is 0 Å². The van der Waals surface area contributed by atoms with E-state index in [9.17, 15) is 14.0 Å². The Morgan fingerprint density at radius 1 is 1.26 bits per heavy atom. The van der Waals surface area contributed by atoms with Crippen LogP contribution in [0.5, 0.6) is 0 Å². The number of carbonyl (C=O) groups is 2. The molecule has 0 saturated heterocycles. The number of nitrogens with zero attached hydrogens (tertiary/aromatic N) is 5. The van der Waals surface area contributed by atoms with E-state index in [0.717, 1.165) is 10.9 Å². The maximum absolute atomic E-state index is 13.6. The van der Waals surface area contributed by atoms with Crippen molar-refractivity contribution >= 4 is 29.1 Å². The number of tetrazole rings is 1.